The Bertz CT molecular complexity index is 931. The van der Waals surface area contributed by atoms with Crippen molar-refractivity contribution in [3.63, 3.8) is 0 Å². The standard InChI is InChI=1S/C18H13ClN2O4S/c19-12-2-1-3-13(8-12)20-9-21-17(22)16(26-18(21)23)7-11-4-5-14-15(6-11)25-10-24-14/h1-8,20H,9-10H2/b16-7+. The third kappa shape index (κ3) is 3.36. The number of halogens is 1. The molecule has 2 aliphatic rings. The fraction of sp³-hybridized carbons (Fsp3) is 0.111. The average molecular weight is 389 g/mol. The van der Waals surface area contributed by atoms with Gasteiger partial charge < -0.3 is 14.8 Å². The normalized spacial score (nSPS) is 17.3. The lowest BCUT2D eigenvalue weighted by molar-refractivity contribution is -0.122. The topological polar surface area (TPSA) is 67.9 Å². The van der Waals surface area contributed by atoms with Crippen LogP contribution in [0, 0.1) is 0 Å². The molecular formula is C18H13ClN2O4S. The van der Waals surface area contributed by atoms with Crippen LogP contribution in [0.15, 0.2) is 47.4 Å². The number of nitrogens with zero attached hydrogens (tertiary/aromatic N) is 1. The largest absolute Gasteiger partial charge is 0.454 e. The predicted molar refractivity (Wildman–Crippen MR) is 100 cm³/mol. The third-order valence-corrected chi connectivity index (χ3v) is 4.98. The molecule has 1 N–H and O–H groups in total. The number of carbonyl (C=O) groups excluding carboxylic acids is 2. The van der Waals surface area contributed by atoms with Gasteiger partial charge in [0.15, 0.2) is 11.5 Å². The number of hydrogen-bond donors (Lipinski definition) is 1. The molecule has 2 aromatic rings. The maximum atomic E-state index is 12.5. The van der Waals surface area contributed by atoms with Crippen molar-refractivity contribution < 1.29 is 19.1 Å². The zero-order valence-electron chi connectivity index (χ0n) is 13.4. The Labute approximate surface area is 158 Å². The molecule has 1 fully saturated rings. The summed E-state index contributed by atoms with van der Waals surface area (Å²) >= 11 is 6.84. The molecule has 132 valence electrons. The lowest BCUT2D eigenvalue weighted by atomic mass is 10.2. The Morgan fingerprint density at radius 1 is 1.15 bits per heavy atom. The van der Waals surface area contributed by atoms with Gasteiger partial charge in [0.25, 0.3) is 11.1 Å². The van der Waals surface area contributed by atoms with Gasteiger partial charge in [0, 0.05) is 10.7 Å². The number of fused-ring (bicyclic) bond motifs is 1. The zero-order valence-corrected chi connectivity index (χ0v) is 15.0. The Balaban J connectivity index is 1.48. The average Bonchev–Trinajstić information content (AvgIpc) is 3.18. The van der Waals surface area contributed by atoms with E-state index in [1.165, 1.54) is 0 Å². The van der Waals surface area contributed by atoms with Crippen LogP contribution in [0.3, 0.4) is 0 Å². The molecule has 0 radical (unpaired) electrons. The molecule has 0 spiro atoms. The second-order valence-corrected chi connectivity index (χ2v) is 7.00. The fourth-order valence-corrected chi connectivity index (χ4v) is 3.59. The van der Waals surface area contributed by atoms with Crippen molar-refractivity contribution in [2.75, 3.05) is 18.8 Å². The first-order valence-electron chi connectivity index (χ1n) is 7.74. The molecule has 6 nitrogen and oxygen atoms in total. The number of nitrogens with one attached hydrogen (secondary N) is 1. The molecule has 0 atom stereocenters. The number of amides is 2. The first-order valence-corrected chi connectivity index (χ1v) is 8.94. The van der Waals surface area contributed by atoms with Crippen LogP contribution in [0.1, 0.15) is 5.56 Å². The molecule has 2 aliphatic heterocycles. The SMILES string of the molecule is O=C1S/C(=C/c2ccc3c(c2)OCO3)C(=O)N1CNc1cccc(Cl)c1. The van der Waals surface area contributed by atoms with E-state index in [-0.39, 0.29) is 24.6 Å². The number of benzene rings is 2. The third-order valence-electron chi connectivity index (χ3n) is 3.83. The van der Waals surface area contributed by atoms with E-state index in [2.05, 4.69) is 5.32 Å². The number of hydrogen-bond acceptors (Lipinski definition) is 6. The van der Waals surface area contributed by atoms with E-state index in [1.807, 2.05) is 12.1 Å². The molecule has 2 heterocycles. The highest BCUT2D eigenvalue weighted by Crippen LogP contribution is 2.36. The number of carbonyl (C=O) groups is 2. The Hall–Kier alpha value is -2.64. The summed E-state index contributed by atoms with van der Waals surface area (Å²) in [5, 5.41) is 3.28. The maximum absolute atomic E-state index is 12.5. The van der Waals surface area contributed by atoms with Crippen LogP contribution < -0.4 is 14.8 Å². The summed E-state index contributed by atoms with van der Waals surface area (Å²) in [6.07, 6.45) is 1.67. The van der Waals surface area contributed by atoms with Crippen LogP contribution in [-0.2, 0) is 4.79 Å². The molecule has 0 bridgehead atoms. The highest BCUT2D eigenvalue weighted by atomic mass is 35.5. The molecule has 2 aromatic carbocycles. The Morgan fingerprint density at radius 2 is 2.00 bits per heavy atom. The number of ether oxygens (including phenoxy) is 2. The van der Waals surface area contributed by atoms with E-state index < -0.39 is 0 Å². The lowest BCUT2D eigenvalue weighted by Crippen LogP contribution is -2.33. The van der Waals surface area contributed by atoms with Gasteiger partial charge >= 0.3 is 0 Å². The van der Waals surface area contributed by atoms with Gasteiger partial charge in [0.05, 0.1) is 11.6 Å². The van der Waals surface area contributed by atoms with Crippen molar-refractivity contribution in [2.45, 2.75) is 0 Å². The number of rotatable bonds is 4. The highest BCUT2D eigenvalue weighted by Gasteiger charge is 2.34. The lowest BCUT2D eigenvalue weighted by Gasteiger charge is -2.14. The summed E-state index contributed by atoms with van der Waals surface area (Å²) in [5.74, 6) is 0.953. The van der Waals surface area contributed by atoms with E-state index in [1.54, 1.807) is 36.4 Å². The molecule has 2 amide bonds. The smallest absolute Gasteiger partial charge is 0.295 e. The number of anilines is 1. The van der Waals surface area contributed by atoms with E-state index in [0.717, 1.165) is 27.9 Å². The summed E-state index contributed by atoms with van der Waals surface area (Å²) in [6, 6.07) is 12.4. The van der Waals surface area contributed by atoms with Gasteiger partial charge in [-0.25, -0.2) is 0 Å². The summed E-state index contributed by atoms with van der Waals surface area (Å²) in [4.78, 5) is 26.2. The van der Waals surface area contributed by atoms with Crippen molar-refractivity contribution >= 4 is 46.3 Å². The van der Waals surface area contributed by atoms with Gasteiger partial charge in [0.2, 0.25) is 6.79 Å². The van der Waals surface area contributed by atoms with Crippen molar-refractivity contribution in [3.8, 4) is 11.5 Å². The zero-order chi connectivity index (χ0) is 18.1. The fourth-order valence-electron chi connectivity index (χ4n) is 2.56. The van der Waals surface area contributed by atoms with E-state index in [4.69, 9.17) is 21.1 Å². The highest BCUT2D eigenvalue weighted by molar-refractivity contribution is 8.18. The second kappa shape index (κ2) is 6.93. The van der Waals surface area contributed by atoms with E-state index in [9.17, 15) is 9.59 Å². The Morgan fingerprint density at radius 3 is 2.85 bits per heavy atom. The van der Waals surface area contributed by atoms with Crippen LogP contribution in [0.25, 0.3) is 6.08 Å². The Kier molecular flexibility index (Phi) is 4.48. The molecule has 8 heteroatoms. The molecule has 26 heavy (non-hydrogen) atoms. The van der Waals surface area contributed by atoms with Gasteiger partial charge in [-0.05, 0) is 53.7 Å². The maximum Gasteiger partial charge on any atom is 0.295 e. The second-order valence-electron chi connectivity index (χ2n) is 5.57. The molecule has 0 aromatic heterocycles. The van der Waals surface area contributed by atoms with Crippen LogP contribution in [0.5, 0.6) is 11.5 Å². The summed E-state index contributed by atoms with van der Waals surface area (Å²) in [5.41, 5.74) is 1.50. The molecular weight excluding hydrogens is 376 g/mol. The van der Waals surface area contributed by atoms with Crippen molar-refractivity contribution in [2.24, 2.45) is 0 Å². The predicted octanol–water partition coefficient (Wildman–Crippen LogP) is 4.17. The summed E-state index contributed by atoms with van der Waals surface area (Å²) in [6.45, 7) is 0.258. The summed E-state index contributed by atoms with van der Waals surface area (Å²) < 4.78 is 10.6. The first-order chi connectivity index (χ1) is 12.6. The van der Waals surface area contributed by atoms with Gasteiger partial charge in [0.1, 0.15) is 0 Å². The number of imide groups is 1. The van der Waals surface area contributed by atoms with Crippen molar-refractivity contribution in [1.82, 2.24) is 4.90 Å². The van der Waals surface area contributed by atoms with Gasteiger partial charge in [-0.2, -0.15) is 0 Å². The molecule has 0 aliphatic carbocycles. The van der Waals surface area contributed by atoms with Crippen LogP contribution in [0.2, 0.25) is 5.02 Å². The molecule has 4 rings (SSSR count). The monoisotopic (exact) mass is 388 g/mol. The van der Waals surface area contributed by atoms with Crippen LogP contribution in [0.4, 0.5) is 10.5 Å². The van der Waals surface area contributed by atoms with Gasteiger partial charge in [-0.15, -0.1) is 0 Å². The van der Waals surface area contributed by atoms with Crippen molar-refractivity contribution in [1.29, 1.82) is 0 Å². The van der Waals surface area contributed by atoms with Crippen molar-refractivity contribution in [3.05, 3.63) is 58.0 Å². The molecule has 0 unspecified atom stereocenters. The van der Waals surface area contributed by atoms with Gasteiger partial charge in [-0.1, -0.05) is 23.7 Å². The van der Waals surface area contributed by atoms with Gasteiger partial charge in [-0.3, -0.25) is 14.5 Å². The van der Waals surface area contributed by atoms with E-state index in [0.29, 0.717) is 21.4 Å². The first kappa shape index (κ1) is 16.8. The van der Waals surface area contributed by atoms with E-state index >= 15 is 0 Å². The minimum Gasteiger partial charge on any atom is -0.454 e. The van der Waals surface area contributed by atoms with Crippen LogP contribution >= 0.6 is 23.4 Å². The molecule has 1 saturated heterocycles. The molecule has 0 saturated carbocycles. The minimum atomic E-state index is -0.341. The quantitative estimate of drug-likeness (QED) is 0.793. The number of thioether (sulfide) groups is 1. The minimum absolute atomic E-state index is 0.0729. The van der Waals surface area contributed by atoms with Crippen LogP contribution in [-0.4, -0.2) is 29.5 Å². The summed E-state index contributed by atoms with van der Waals surface area (Å²) in [7, 11) is 0.